The number of thioether (sulfide) groups is 1. The average Bonchev–Trinajstić information content (AvgIpc) is 3.42. The number of nitrogens with zero attached hydrogens (tertiary/aromatic N) is 3. The van der Waals surface area contributed by atoms with Crippen LogP contribution in [0.5, 0.6) is 5.75 Å². The van der Waals surface area contributed by atoms with Crippen molar-refractivity contribution in [3.05, 3.63) is 53.4 Å². The van der Waals surface area contributed by atoms with Crippen molar-refractivity contribution in [2.24, 2.45) is 0 Å². The van der Waals surface area contributed by atoms with Crippen LogP contribution in [0.3, 0.4) is 0 Å². The molecule has 1 N–H and O–H groups in total. The van der Waals surface area contributed by atoms with E-state index in [0.717, 1.165) is 16.9 Å². The summed E-state index contributed by atoms with van der Waals surface area (Å²) in [4.78, 5) is 25.7. The Morgan fingerprint density at radius 3 is 2.76 bits per heavy atom. The molecule has 1 aromatic carbocycles. The number of carbonyl (C=O) groups excluding carboxylic acids is 2. The largest absolute Gasteiger partial charge is 0.493 e. The highest BCUT2D eigenvalue weighted by Gasteiger charge is 2.20. The Kier molecular flexibility index (Phi) is 8.67. The Morgan fingerprint density at radius 2 is 2.06 bits per heavy atom. The van der Waals surface area contributed by atoms with Crippen LogP contribution < -0.4 is 10.1 Å². The highest BCUT2D eigenvalue weighted by molar-refractivity contribution is 7.99. The number of anilines is 1. The van der Waals surface area contributed by atoms with Crippen LogP contribution in [-0.4, -0.2) is 46.1 Å². The number of nitrogens with one attached hydrogen (secondary N) is 1. The number of hydrogen-bond donors (Lipinski definition) is 1. The van der Waals surface area contributed by atoms with E-state index in [0.29, 0.717) is 40.4 Å². The minimum absolute atomic E-state index is 0.0996. The van der Waals surface area contributed by atoms with Gasteiger partial charge >= 0.3 is 5.97 Å². The van der Waals surface area contributed by atoms with Gasteiger partial charge in [0, 0.05) is 11.4 Å². The molecule has 0 aliphatic rings. The Morgan fingerprint density at radius 1 is 1.27 bits per heavy atom. The highest BCUT2D eigenvalue weighted by Crippen LogP contribution is 2.32. The van der Waals surface area contributed by atoms with Crippen LogP contribution in [-0.2, 0) is 22.5 Å². The summed E-state index contributed by atoms with van der Waals surface area (Å²) < 4.78 is 12.5. The lowest BCUT2D eigenvalue weighted by Gasteiger charge is -2.11. The van der Waals surface area contributed by atoms with Crippen molar-refractivity contribution in [2.75, 3.05) is 24.8 Å². The fraction of sp³-hybridized carbons (Fsp3) is 0.304. The van der Waals surface area contributed by atoms with E-state index in [2.05, 4.69) is 22.1 Å². The topological polar surface area (TPSA) is 95.3 Å². The molecule has 0 spiro atoms. The van der Waals surface area contributed by atoms with E-state index >= 15 is 0 Å². The van der Waals surface area contributed by atoms with Gasteiger partial charge in [-0.2, -0.15) is 0 Å². The smallest absolute Gasteiger partial charge is 0.340 e. The Bertz CT molecular complexity index is 1140. The van der Waals surface area contributed by atoms with Gasteiger partial charge in [0.2, 0.25) is 5.91 Å². The average molecular weight is 487 g/mol. The number of ether oxygens (including phenoxy) is 2. The summed E-state index contributed by atoms with van der Waals surface area (Å²) in [5.41, 5.74) is 1.18. The second-order valence-electron chi connectivity index (χ2n) is 6.77. The number of methoxy groups -OCH3 is 1. The first kappa shape index (κ1) is 24.5. The third-order valence-electron chi connectivity index (χ3n) is 4.58. The summed E-state index contributed by atoms with van der Waals surface area (Å²) in [7, 11) is 1.32. The summed E-state index contributed by atoms with van der Waals surface area (Å²) in [6.45, 7) is 8.75. The first-order valence-electron chi connectivity index (χ1n) is 10.4. The molecule has 3 aromatic rings. The van der Waals surface area contributed by atoms with Gasteiger partial charge in [0.25, 0.3) is 0 Å². The molecule has 0 bridgehead atoms. The van der Waals surface area contributed by atoms with Gasteiger partial charge in [-0.25, -0.2) is 4.79 Å². The zero-order chi connectivity index (χ0) is 23.8. The Hall–Kier alpha value is -3.11. The molecule has 10 heteroatoms. The molecule has 0 saturated carbocycles. The number of esters is 1. The number of aromatic nitrogens is 3. The van der Waals surface area contributed by atoms with Crippen molar-refractivity contribution in [1.82, 2.24) is 14.8 Å². The van der Waals surface area contributed by atoms with Gasteiger partial charge in [-0.1, -0.05) is 36.9 Å². The molecule has 0 unspecified atom stereocenters. The van der Waals surface area contributed by atoms with Crippen LogP contribution in [0.2, 0.25) is 0 Å². The SMILES string of the molecule is C=CCn1c(SCC(=O)Nc2sc(CC)cc2C(=O)OC)nnc1-c1ccccc1OCC. The number of para-hydroxylation sites is 1. The quantitative estimate of drug-likeness (QED) is 0.239. The number of benzene rings is 1. The third kappa shape index (κ3) is 5.82. The molecule has 2 heterocycles. The van der Waals surface area contributed by atoms with E-state index in [9.17, 15) is 9.59 Å². The van der Waals surface area contributed by atoms with E-state index in [1.807, 2.05) is 42.7 Å². The zero-order valence-corrected chi connectivity index (χ0v) is 20.4. The number of aryl methyl sites for hydroxylation is 1. The van der Waals surface area contributed by atoms with Gasteiger partial charge in [-0.05, 0) is 31.5 Å². The molecule has 3 rings (SSSR count). The van der Waals surface area contributed by atoms with E-state index in [1.54, 1.807) is 12.1 Å². The minimum Gasteiger partial charge on any atom is -0.493 e. The van der Waals surface area contributed by atoms with Crippen molar-refractivity contribution in [1.29, 1.82) is 0 Å². The van der Waals surface area contributed by atoms with Crippen molar-refractivity contribution in [3.8, 4) is 17.1 Å². The van der Waals surface area contributed by atoms with Gasteiger partial charge in [0.15, 0.2) is 11.0 Å². The van der Waals surface area contributed by atoms with Crippen LogP contribution >= 0.6 is 23.1 Å². The van der Waals surface area contributed by atoms with Crippen molar-refractivity contribution < 1.29 is 19.1 Å². The summed E-state index contributed by atoms with van der Waals surface area (Å²) in [5.74, 6) is 0.728. The normalized spacial score (nSPS) is 10.6. The van der Waals surface area contributed by atoms with Gasteiger partial charge in [-0.15, -0.1) is 28.1 Å². The van der Waals surface area contributed by atoms with Crippen LogP contribution in [0.15, 0.2) is 48.1 Å². The Balaban J connectivity index is 1.77. The van der Waals surface area contributed by atoms with Crippen LogP contribution in [0.4, 0.5) is 5.00 Å². The summed E-state index contributed by atoms with van der Waals surface area (Å²) >= 11 is 2.63. The fourth-order valence-electron chi connectivity index (χ4n) is 3.08. The lowest BCUT2D eigenvalue weighted by Crippen LogP contribution is -2.16. The molecule has 174 valence electrons. The van der Waals surface area contributed by atoms with Crippen LogP contribution in [0.25, 0.3) is 11.4 Å². The predicted octanol–water partition coefficient (Wildman–Crippen LogP) is 4.67. The molecule has 0 aliphatic carbocycles. The van der Waals surface area contributed by atoms with E-state index in [4.69, 9.17) is 9.47 Å². The van der Waals surface area contributed by atoms with Gasteiger partial charge < -0.3 is 14.8 Å². The van der Waals surface area contributed by atoms with E-state index in [1.165, 1.54) is 30.2 Å². The monoisotopic (exact) mass is 486 g/mol. The van der Waals surface area contributed by atoms with Crippen LogP contribution in [0.1, 0.15) is 29.1 Å². The van der Waals surface area contributed by atoms with E-state index < -0.39 is 5.97 Å². The predicted molar refractivity (Wildman–Crippen MR) is 131 cm³/mol. The van der Waals surface area contributed by atoms with E-state index in [-0.39, 0.29) is 11.7 Å². The maximum absolute atomic E-state index is 12.7. The number of allylic oxidation sites excluding steroid dienone is 1. The standard InChI is InChI=1S/C23H26N4O4S2/c1-5-12-27-20(16-10-8-9-11-18(16)31-7-3)25-26-23(27)32-14-19(28)24-21-17(22(29)30-4)13-15(6-2)33-21/h5,8-11,13H,1,6-7,12,14H2,2-4H3,(H,24,28). The molecule has 0 atom stereocenters. The minimum atomic E-state index is -0.475. The summed E-state index contributed by atoms with van der Waals surface area (Å²) in [6, 6.07) is 9.38. The number of thiophene rings is 1. The lowest BCUT2D eigenvalue weighted by molar-refractivity contribution is -0.113. The van der Waals surface area contributed by atoms with Crippen molar-refractivity contribution in [2.45, 2.75) is 32.0 Å². The molecule has 8 nitrogen and oxygen atoms in total. The van der Waals surface area contributed by atoms with Crippen LogP contribution in [0, 0.1) is 0 Å². The summed E-state index contributed by atoms with van der Waals surface area (Å²) in [5, 5.41) is 12.5. The Labute approximate surface area is 201 Å². The second-order valence-corrected chi connectivity index (χ2v) is 8.85. The molecule has 0 fully saturated rings. The number of rotatable bonds is 11. The molecular formula is C23H26N4O4S2. The highest BCUT2D eigenvalue weighted by atomic mass is 32.2. The van der Waals surface area contributed by atoms with Gasteiger partial charge in [0.05, 0.1) is 30.6 Å². The second kappa shape index (κ2) is 11.7. The molecule has 33 heavy (non-hydrogen) atoms. The number of hydrogen-bond acceptors (Lipinski definition) is 8. The molecule has 1 amide bonds. The maximum atomic E-state index is 12.7. The maximum Gasteiger partial charge on any atom is 0.340 e. The van der Waals surface area contributed by atoms with Gasteiger partial charge in [-0.3, -0.25) is 9.36 Å². The zero-order valence-electron chi connectivity index (χ0n) is 18.8. The van der Waals surface area contributed by atoms with Crippen molar-refractivity contribution in [3.63, 3.8) is 0 Å². The lowest BCUT2D eigenvalue weighted by atomic mass is 10.2. The van der Waals surface area contributed by atoms with Gasteiger partial charge in [0.1, 0.15) is 10.8 Å². The third-order valence-corrected chi connectivity index (χ3v) is 6.74. The molecular weight excluding hydrogens is 460 g/mol. The molecule has 0 saturated heterocycles. The first-order chi connectivity index (χ1) is 16.0. The van der Waals surface area contributed by atoms with Crippen molar-refractivity contribution >= 4 is 40.0 Å². The molecule has 2 aromatic heterocycles. The molecule has 0 radical (unpaired) electrons. The number of amides is 1. The number of carbonyl (C=O) groups is 2. The fourth-order valence-corrected chi connectivity index (χ4v) is 4.83. The first-order valence-corrected chi connectivity index (χ1v) is 12.2. The molecule has 0 aliphatic heterocycles. The summed E-state index contributed by atoms with van der Waals surface area (Å²) in [6.07, 6.45) is 2.51.